The number of hydrogen-bond donors (Lipinski definition) is 1. The molecule has 0 aliphatic carbocycles. The topological polar surface area (TPSA) is 83.9 Å². The van der Waals surface area contributed by atoms with Crippen LogP contribution < -0.4 is 0 Å². The number of carboxylic acids is 1. The normalized spacial score (nSPS) is 18.0. The number of ether oxygens (including phenoxy) is 1. The maximum Gasteiger partial charge on any atom is 0.322 e. The predicted molar refractivity (Wildman–Crippen MR) is 85.7 cm³/mol. The molecule has 1 saturated heterocycles. The second-order valence-electron chi connectivity index (χ2n) is 5.75. The molecule has 1 aromatic carbocycles. The van der Waals surface area contributed by atoms with Crippen LogP contribution in [0.3, 0.4) is 0 Å². The van der Waals surface area contributed by atoms with Crippen LogP contribution in [0.15, 0.2) is 29.2 Å². The van der Waals surface area contributed by atoms with Gasteiger partial charge in [0.1, 0.15) is 6.04 Å². The average molecular weight is 341 g/mol. The van der Waals surface area contributed by atoms with Crippen molar-refractivity contribution in [2.24, 2.45) is 5.92 Å². The number of hydrogen-bond acceptors (Lipinski definition) is 4. The zero-order valence-electron chi connectivity index (χ0n) is 13.4. The lowest BCUT2D eigenvalue weighted by atomic mass is 9.92. The summed E-state index contributed by atoms with van der Waals surface area (Å²) in [6.45, 7) is 2.92. The molecule has 0 spiro atoms. The summed E-state index contributed by atoms with van der Waals surface area (Å²) in [5.74, 6) is -1.36. The number of nitrogens with zero attached hydrogens (tertiary/aromatic N) is 1. The van der Waals surface area contributed by atoms with Crippen LogP contribution in [0.2, 0.25) is 0 Å². The number of carbonyl (C=O) groups is 1. The molecule has 7 heteroatoms. The number of sulfonamides is 1. The molecule has 23 heavy (non-hydrogen) atoms. The van der Waals surface area contributed by atoms with E-state index in [4.69, 9.17) is 4.74 Å². The van der Waals surface area contributed by atoms with Gasteiger partial charge in [-0.1, -0.05) is 19.1 Å². The van der Waals surface area contributed by atoms with Crippen molar-refractivity contribution in [3.8, 4) is 0 Å². The van der Waals surface area contributed by atoms with E-state index in [0.717, 1.165) is 16.3 Å². The quantitative estimate of drug-likeness (QED) is 0.852. The summed E-state index contributed by atoms with van der Waals surface area (Å²) in [5.41, 5.74) is 1.03. The van der Waals surface area contributed by atoms with E-state index in [1.807, 2.05) is 6.92 Å². The summed E-state index contributed by atoms with van der Waals surface area (Å²) >= 11 is 0. The number of aliphatic carboxylic acids is 1. The minimum atomic E-state index is -3.85. The number of rotatable bonds is 6. The highest BCUT2D eigenvalue weighted by atomic mass is 32.2. The number of carboxylic acid groups (broad SMARTS) is 1. The minimum absolute atomic E-state index is 0.121. The monoisotopic (exact) mass is 341 g/mol. The molecule has 1 aliphatic rings. The molecule has 1 heterocycles. The number of likely N-dealkylation sites (N-methyl/N-ethyl adjacent to an activating group) is 1. The highest BCUT2D eigenvalue weighted by Gasteiger charge is 2.39. The maximum absolute atomic E-state index is 12.8. The van der Waals surface area contributed by atoms with E-state index in [9.17, 15) is 18.3 Å². The minimum Gasteiger partial charge on any atom is -0.480 e. The van der Waals surface area contributed by atoms with E-state index >= 15 is 0 Å². The van der Waals surface area contributed by atoms with Gasteiger partial charge in [-0.05, 0) is 42.9 Å². The molecule has 0 saturated carbocycles. The molecule has 0 radical (unpaired) electrons. The Morgan fingerprint density at radius 1 is 1.30 bits per heavy atom. The second-order valence-corrected chi connectivity index (χ2v) is 7.75. The van der Waals surface area contributed by atoms with Gasteiger partial charge in [-0.2, -0.15) is 4.31 Å². The molecule has 2 rings (SSSR count). The molecular formula is C16H23NO5S. The maximum atomic E-state index is 12.8. The van der Waals surface area contributed by atoms with Gasteiger partial charge in [-0.15, -0.1) is 0 Å². The van der Waals surface area contributed by atoms with E-state index in [0.29, 0.717) is 26.1 Å². The smallest absolute Gasteiger partial charge is 0.322 e. The lowest BCUT2D eigenvalue weighted by molar-refractivity contribution is -0.144. The SMILES string of the molecule is CCc1ccc(S(=O)(=O)N(C)C(C(=O)O)C2CCOCC2)cc1. The van der Waals surface area contributed by atoms with E-state index in [-0.39, 0.29) is 10.8 Å². The molecule has 1 aliphatic heterocycles. The Bertz CT molecular complexity index is 635. The first kappa shape index (κ1) is 17.9. The third-order valence-corrected chi connectivity index (χ3v) is 6.22. The van der Waals surface area contributed by atoms with Gasteiger partial charge in [0.2, 0.25) is 10.0 Å². The van der Waals surface area contributed by atoms with Crippen molar-refractivity contribution in [1.29, 1.82) is 0 Å². The highest BCUT2D eigenvalue weighted by molar-refractivity contribution is 7.89. The van der Waals surface area contributed by atoms with Crippen molar-refractivity contribution in [1.82, 2.24) is 4.31 Å². The molecule has 0 bridgehead atoms. The Balaban J connectivity index is 2.29. The molecule has 128 valence electrons. The Kier molecular flexibility index (Phi) is 5.78. The summed E-state index contributed by atoms with van der Waals surface area (Å²) in [6.07, 6.45) is 1.91. The number of aryl methyl sites for hydroxylation is 1. The van der Waals surface area contributed by atoms with Crippen molar-refractivity contribution >= 4 is 16.0 Å². The first-order valence-corrected chi connectivity index (χ1v) is 9.19. The van der Waals surface area contributed by atoms with E-state index in [2.05, 4.69) is 0 Å². The molecule has 0 amide bonds. The lowest BCUT2D eigenvalue weighted by Gasteiger charge is -2.33. The Labute approximate surface area is 137 Å². The van der Waals surface area contributed by atoms with Crippen LogP contribution in [-0.4, -0.2) is 50.1 Å². The molecule has 1 fully saturated rings. The highest BCUT2D eigenvalue weighted by Crippen LogP contribution is 2.27. The van der Waals surface area contributed by atoms with E-state index in [1.54, 1.807) is 12.1 Å². The molecule has 6 nitrogen and oxygen atoms in total. The van der Waals surface area contributed by atoms with Gasteiger partial charge in [0.15, 0.2) is 0 Å². The van der Waals surface area contributed by atoms with Crippen LogP contribution in [-0.2, 0) is 26.0 Å². The van der Waals surface area contributed by atoms with E-state index < -0.39 is 22.0 Å². The van der Waals surface area contributed by atoms with Gasteiger partial charge in [-0.25, -0.2) is 8.42 Å². The van der Waals surface area contributed by atoms with Crippen molar-refractivity contribution in [3.63, 3.8) is 0 Å². The van der Waals surface area contributed by atoms with Crippen molar-refractivity contribution in [2.45, 2.75) is 37.1 Å². The number of benzene rings is 1. The first-order chi connectivity index (χ1) is 10.9. The zero-order chi connectivity index (χ0) is 17.0. The van der Waals surface area contributed by atoms with Gasteiger partial charge in [0.05, 0.1) is 4.90 Å². The summed E-state index contributed by atoms with van der Waals surface area (Å²) < 4.78 is 31.7. The van der Waals surface area contributed by atoms with Crippen LogP contribution in [0.4, 0.5) is 0 Å². The Morgan fingerprint density at radius 2 is 1.87 bits per heavy atom. The van der Waals surface area contributed by atoms with Crippen LogP contribution in [0.5, 0.6) is 0 Å². The van der Waals surface area contributed by atoms with Gasteiger partial charge in [0.25, 0.3) is 0 Å². The summed E-state index contributed by atoms with van der Waals surface area (Å²) in [6, 6.07) is 5.51. The third kappa shape index (κ3) is 3.91. The van der Waals surface area contributed by atoms with Gasteiger partial charge in [-0.3, -0.25) is 4.79 Å². The first-order valence-electron chi connectivity index (χ1n) is 7.75. The molecule has 1 atom stereocenters. The molecule has 0 aromatic heterocycles. The fourth-order valence-electron chi connectivity index (χ4n) is 2.90. The van der Waals surface area contributed by atoms with Gasteiger partial charge >= 0.3 is 5.97 Å². The van der Waals surface area contributed by atoms with Gasteiger partial charge in [0, 0.05) is 20.3 Å². The second kappa shape index (κ2) is 7.42. The molecule has 1 unspecified atom stereocenters. The molecule has 1 N–H and O–H groups in total. The Morgan fingerprint density at radius 3 is 2.35 bits per heavy atom. The van der Waals surface area contributed by atoms with Crippen LogP contribution >= 0.6 is 0 Å². The van der Waals surface area contributed by atoms with Gasteiger partial charge < -0.3 is 9.84 Å². The predicted octanol–water partition coefficient (Wildman–Crippen LogP) is 1.75. The van der Waals surface area contributed by atoms with Crippen molar-refractivity contribution in [2.75, 3.05) is 20.3 Å². The Hall–Kier alpha value is -1.44. The third-order valence-electron chi connectivity index (χ3n) is 4.37. The van der Waals surface area contributed by atoms with Crippen LogP contribution in [0.25, 0.3) is 0 Å². The van der Waals surface area contributed by atoms with E-state index in [1.165, 1.54) is 19.2 Å². The average Bonchev–Trinajstić information content (AvgIpc) is 2.55. The molecule has 1 aromatic rings. The fraction of sp³-hybridized carbons (Fsp3) is 0.562. The molecular weight excluding hydrogens is 318 g/mol. The van der Waals surface area contributed by atoms with Crippen molar-refractivity contribution in [3.05, 3.63) is 29.8 Å². The fourth-order valence-corrected chi connectivity index (χ4v) is 4.27. The van der Waals surface area contributed by atoms with Crippen LogP contribution in [0.1, 0.15) is 25.3 Å². The largest absolute Gasteiger partial charge is 0.480 e. The summed E-state index contributed by atoms with van der Waals surface area (Å²) in [5, 5.41) is 9.54. The zero-order valence-corrected chi connectivity index (χ0v) is 14.3. The standard InChI is InChI=1S/C16H23NO5S/c1-3-12-4-6-14(7-5-12)23(20,21)17(2)15(16(18)19)13-8-10-22-11-9-13/h4-7,13,15H,3,8-11H2,1-2H3,(H,18,19). The summed E-state index contributed by atoms with van der Waals surface area (Å²) in [7, 11) is -2.50. The van der Waals surface area contributed by atoms with Crippen molar-refractivity contribution < 1.29 is 23.1 Å². The lowest BCUT2D eigenvalue weighted by Crippen LogP contribution is -2.48. The van der Waals surface area contributed by atoms with Crippen LogP contribution in [0, 0.1) is 5.92 Å². The summed E-state index contributed by atoms with van der Waals surface area (Å²) in [4.78, 5) is 11.8.